The maximum Gasteiger partial charge on any atom is 0.281 e. The van der Waals surface area contributed by atoms with Gasteiger partial charge in [-0.3, -0.25) is 9.69 Å². The van der Waals surface area contributed by atoms with E-state index in [0.717, 1.165) is 45.6 Å². The molecule has 3 aromatic carbocycles. The van der Waals surface area contributed by atoms with Gasteiger partial charge in [0.15, 0.2) is 5.11 Å². The van der Waals surface area contributed by atoms with Crippen molar-refractivity contribution < 1.29 is 14.3 Å². The van der Waals surface area contributed by atoms with Gasteiger partial charge in [0, 0.05) is 24.1 Å². The summed E-state index contributed by atoms with van der Waals surface area (Å²) < 4.78 is 13.3. The minimum absolute atomic E-state index is 0.136. The molecule has 1 amide bonds. The first-order chi connectivity index (χ1) is 17.9. The summed E-state index contributed by atoms with van der Waals surface area (Å²) in [5, 5.41) is 0.462. The zero-order valence-electron chi connectivity index (χ0n) is 21.1. The Balaban J connectivity index is 1.40. The molecule has 0 unspecified atom stereocenters. The Kier molecular flexibility index (Phi) is 6.54. The number of hydrogen-bond acceptors (Lipinski definition) is 4. The number of para-hydroxylation sites is 1. The molecular weight excluding hydrogens is 482 g/mol. The fraction of sp³-hybridized carbons (Fsp3) is 0.133. The van der Waals surface area contributed by atoms with Gasteiger partial charge in [0.25, 0.3) is 5.91 Å². The highest BCUT2D eigenvalue weighted by atomic mass is 32.1. The van der Waals surface area contributed by atoms with Crippen molar-refractivity contribution in [3.8, 4) is 22.9 Å². The van der Waals surface area contributed by atoms with Crippen molar-refractivity contribution in [3.63, 3.8) is 0 Å². The van der Waals surface area contributed by atoms with E-state index in [1.54, 1.807) is 16.9 Å². The summed E-state index contributed by atoms with van der Waals surface area (Å²) in [6, 6.07) is 27.0. The van der Waals surface area contributed by atoms with E-state index in [2.05, 4.69) is 17.6 Å². The Morgan fingerprint density at radius 2 is 1.41 bits per heavy atom. The van der Waals surface area contributed by atoms with Gasteiger partial charge in [0.1, 0.15) is 22.9 Å². The van der Waals surface area contributed by atoms with Gasteiger partial charge >= 0.3 is 0 Å². The topological polar surface area (TPSA) is 46.9 Å². The van der Waals surface area contributed by atoms with Crippen molar-refractivity contribution >= 4 is 35.0 Å². The van der Waals surface area contributed by atoms with E-state index in [-0.39, 0.29) is 5.91 Å². The number of benzene rings is 3. The highest BCUT2D eigenvalue weighted by Gasteiger charge is 2.36. The maximum absolute atomic E-state index is 13.3. The van der Waals surface area contributed by atoms with Crippen LogP contribution in [0, 0.1) is 13.8 Å². The van der Waals surface area contributed by atoms with Crippen LogP contribution in [0.25, 0.3) is 11.8 Å². The fourth-order valence-corrected chi connectivity index (χ4v) is 4.77. The molecule has 1 aromatic heterocycles. The largest absolute Gasteiger partial charge is 0.497 e. The Morgan fingerprint density at radius 1 is 0.811 bits per heavy atom. The molecule has 1 aliphatic heterocycles. The Morgan fingerprint density at radius 3 is 2.03 bits per heavy atom. The normalized spacial score (nSPS) is 14.5. The molecule has 5 rings (SSSR count). The Bertz CT molecular complexity index is 1490. The highest BCUT2D eigenvalue weighted by Crippen LogP contribution is 2.31. The summed E-state index contributed by atoms with van der Waals surface area (Å²) >= 11 is 5.59. The number of ether oxygens (including phenoxy) is 2. The molecule has 0 radical (unpaired) electrons. The third-order valence-electron chi connectivity index (χ3n) is 6.43. The average Bonchev–Trinajstić information content (AvgIpc) is 3.31. The summed E-state index contributed by atoms with van der Waals surface area (Å²) in [6.07, 6.45) is 1.91. The molecule has 6 nitrogen and oxygen atoms in total. The van der Waals surface area contributed by atoms with E-state index < -0.39 is 0 Å². The van der Waals surface area contributed by atoms with Gasteiger partial charge in [-0.25, -0.2) is 0 Å². The van der Waals surface area contributed by atoms with Crippen LogP contribution in [-0.2, 0) is 4.79 Å². The molecule has 0 saturated carbocycles. The van der Waals surface area contributed by atoms with Gasteiger partial charge in [-0.15, -0.1) is 0 Å². The molecule has 0 N–H and O–H groups in total. The quantitative estimate of drug-likeness (QED) is 0.219. The van der Waals surface area contributed by atoms with Gasteiger partial charge < -0.3 is 18.9 Å². The first-order valence-corrected chi connectivity index (χ1v) is 12.3. The molecule has 1 saturated heterocycles. The summed E-state index contributed by atoms with van der Waals surface area (Å²) in [6.45, 7) is 4.10. The van der Waals surface area contributed by atoms with E-state index in [0.29, 0.717) is 10.8 Å². The number of carbonyl (C=O) groups excluding carboxylic acids is 1. The Hall–Kier alpha value is -4.36. The molecule has 4 aromatic rings. The number of aromatic nitrogens is 1. The van der Waals surface area contributed by atoms with Crippen LogP contribution >= 0.6 is 12.2 Å². The van der Waals surface area contributed by atoms with E-state index in [9.17, 15) is 4.79 Å². The lowest BCUT2D eigenvalue weighted by atomic mass is 10.2. The number of amides is 1. The van der Waals surface area contributed by atoms with Crippen LogP contribution in [0.4, 0.5) is 5.69 Å². The number of anilines is 1. The molecule has 0 atom stereocenters. The summed E-state index contributed by atoms with van der Waals surface area (Å²) in [5.41, 5.74) is 5.36. The number of aryl methyl sites for hydroxylation is 1. The smallest absolute Gasteiger partial charge is 0.281 e. The van der Waals surface area contributed by atoms with Gasteiger partial charge in [0.05, 0.1) is 12.8 Å². The second-order valence-corrected chi connectivity index (χ2v) is 9.15. The third-order valence-corrected chi connectivity index (χ3v) is 6.89. The van der Waals surface area contributed by atoms with Crippen molar-refractivity contribution in [2.24, 2.45) is 0 Å². The van der Waals surface area contributed by atoms with Crippen LogP contribution < -0.4 is 14.4 Å². The van der Waals surface area contributed by atoms with Crippen LogP contribution in [0.15, 0.2) is 90.6 Å². The van der Waals surface area contributed by atoms with Crippen molar-refractivity contribution in [1.82, 2.24) is 9.47 Å². The molecule has 0 bridgehead atoms. The van der Waals surface area contributed by atoms with E-state index in [1.807, 2.05) is 98.9 Å². The lowest BCUT2D eigenvalue weighted by molar-refractivity contribution is -0.114. The minimum atomic E-state index is -0.136. The molecule has 37 heavy (non-hydrogen) atoms. The zero-order chi connectivity index (χ0) is 26.1. The van der Waals surface area contributed by atoms with Crippen LogP contribution in [-0.4, -0.2) is 34.6 Å². The number of rotatable bonds is 6. The number of thiocarbonyl (C=S) groups is 1. The zero-order valence-corrected chi connectivity index (χ0v) is 22.0. The van der Waals surface area contributed by atoms with Crippen LogP contribution in [0.1, 0.15) is 17.0 Å². The second kappa shape index (κ2) is 9.95. The second-order valence-electron chi connectivity index (χ2n) is 8.78. The molecule has 1 aliphatic rings. The number of nitrogens with zero attached hydrogens (tertiary/aromatic N) is 3. The van der Waals surface area contributed by atoms with Crippen LogP contribution in [0.5, 0.6) is 17.2 Å². The maximum atomic E-state index is 13.3. The summed E-state index contributed by atoms with van der Waals surface area (Å²) in [5.74, 6) is 2.13. The van der Waals surface area contributed by atoms with E-state index >= 15 is 0 Å². The predicted octanol–water partition coefficient (Wildman–Crippen LogP) is 6.50. The summed E-state index contributed by atoms with van der Waals surface area (Å²) in [7, 11) is 3.47. The first kappa shape index (κ1) is 24.3. The van der Waals surface area contributed by atoms with Crippen molar-refractivity contribution in [1.29, 1.82) is 0 Å². The molecule has 0 spiro atoms. The Labute approximate surface area is 222 Å². The fourth-order valence-electron chi connectivity index (χ4n) is 4.48. The standard InChI is InChI=1S/C30H27N3O3S/c1-20-18-22(19-28-29(34)33(30(37)31(28)3)23-8-6-5-7-9-23)21(2)32(20)24-10-12-26(13-11-24)36-27-16-14-25(35-4)15-17-27/h5-19H,1-4H3/b28-19-. The molecule has 186 valence electrons. The number of hydrogen-bond donors (Lipinski definition) is 0. The predicted molar refractivity (Wildman–Crippen MR) is 151 cm³/mol. The molecule has 0 aliphatic carbocycles. The van der Waals surface area contributed by atoms with Crippen LogP contribution in [0.3, 0.4) is 0 Å². The van der Waals surface area contributed by atoms with Gasteiger partial charge in [-0.1, -0.05) is 18.2 Å². The van der Waals surface area contributed by atoms with Crippen molar-refractivity contribution in [2.75, 3.05) is 19.1 Å². The van der Waals surface area contributed by atoms with E-state index in [1.165, 1.54) is 0 Å². The summed E-state index contributed by atoms with van der Waals surface area (Å²) in [4.78, 5) is 16.7. The van der Waals surface area contributed by atoms with Crippen molar-refractivity contribution in [2.45, 2.75) is 13.8 Å². The lowest BCUT2D eigenvalue weighted by Gasteiger charge is -2.16. The average molecular weight is 510 g/mol. The number of carbonyl (C=O) groups is 1. The number of methoxy groups -OCH3 is 1. The van der Waals surface area contributed by atoms with Crippen LogP contribution in [0.2, 0.25) is 0 Å². The van der Waals surface area contributed by atoms with Gasteiger partial charge in [-0.05, 0) is 104 Å². The first-order valence-electron chi connectivity index (χ1n) is 11.9. The highest BCUT2D eigenvalue weighted by molar-refractivity contribution is 7.80. The molecule has 2 heterocycles. The molecule has 1 fully saturated rings. The minimum Gasteiger partial charge on any atom is -0.497 e. The van der Waals surface area contributed by atoms with Gasteiger partial charge in [0.2, 0.25) is 0 Å². The molecule has 7 heteroatoms. The van der Waals surface area contributed by atoms with E-state index in [4.69, 9.17) is 21.7 Å². The van der Waals surface area contributed by atoms with Crippen molar-refractivity contribution in [3.05, 3.63) is 108 Å². The monoisotopic (exact) mass is 509 g/mol. The van der Waals surface area contributed by atoms with Gasteiger partial charge in [-0.2, -0.15) is 0 Å². The lowest BCUT2D eigenvalue weighted by Crippen LogP contribution is -2.30. The third kappa shape index (κ3) is 4.61. The number of likely N-dealkylation sites (N-methyl/N-ethyl adjacent to an activating group) is 1. The molecular formula is C30H27N3O3S. The SMILES string of the molecule is COc1ccc(Oc2ccc(-n3c(C)cc(/C=C4/C(=O)N(c5ccccc5)C(=S)N4C)c3C)cc2)cc1.